The lowest BCUT2D eigenvalue weighted by Crippen LogP contribution is -2.35. The first-order valence-corrected chi connectivity index (χ1v) is 8.00. The van der Waals surface area contributed by atoms with E-state index in [1.165, 1.54) is 12.8 Å². The largest absolute Gasteiger partial charge is 0.493 e. The van der Waals surface area contributed by atoms with Crippen LogP contribution in [-0.2, 0) is 4.79 Å². The van der Waals surface area contributed by atoms with Gasteiger partial charge in [-0.2, -0.15) is 0 Å². The second kappa shape index (κ2) is 8.03. The van der Waals surface area contributed by atoms with Gasteiger partial charge in [-0.25, -0.2) is 0 Å². The Morgan fingerprint density at radius 1 is 1.32 bits per heavy atom. The Bertz CT molecular complexity index is 505. The maximum absolute atomic E-state index is 12.2. The lowest BCUT2D eigenvalue weighted by Gasteiger charge is -2.28. The van der Waals surface area contributed by atoms with E-state index in [4.69, 9.17) is 15.2 Å². The predicted octanol–water partition coefficient (Wildman–Crippen LogP) is 2.94. The molecule has 2 unspecified atom stereocenters. The van der Waals surface area contributed by atoms with Crippen molar-refractivity contribution in [2.24, 2.45) is 11.7 Å². The molecule has 0 aromatic heterocycles. The minimum absolute atomic E-state index is 0.00923. The summed E-state index contributed by atoms with van der Waals surface area (Å²) in [4.78, 5) is 12.2. The Kier molecular flexibility index (Phi) is 6.07. The van der Waals surface area contributed by atoms with Gasteiger partial charge in [0, 0.05) is 24.2 Å². The van der Waals surface area contributed by atoms with Crippen LogP contribution in [0.25, 0.3) is 0 Å². The fourth-order valence-corrected chi connectivity index (χ4v) is 2.96. The number of carbonyl (C=O) groups excluding carboxylic acids is 1. The van der Waals surface area contributed by atoms with Crippen LogP contribution in [0.5, 0.6) is 11.5 Å². The van der Waals surface area contributed by atoms with Crippen LogP contribution in [-0.4, -0.2) is 25.7 Å². The maximum Gasteiger partial charge on any atom is 0.224 e. The van der Waals surface area contributed by atoms with Crippen LogP contribution < -0.4 is 20.5 Å². The van der Waals surface area contributed by atoms with Crippen LogP contribution in [0.1, 0.15) is 39.0 Å². The van der Waals surface area contributed by atoms with Crippen molar-refractivity contribution in [1.82, 2.24) is 0 Å². The zero-order chi connectivity index (χ0) is 15.9. The molecule has 0 saturated heterocycles. The van der Waals surface area contributed by atoms with E-state index in [0.717, 1.165) is 18.5 Å². The molecule has 5 heteroatoms. The summed E-state index contributed by atoms with van der Waals surface area (Å²) < 4.78 is 10.8. The molecule has 2 rings (SSSR count). The molecule has 1 saturated carbocycles. The van der Waals surface area contributed by atoms with E-state index in [0.29, 0.717) is 30.4 Å². The highest BCUT2D eigenvalue weighted by atomic mass is 16.5. The Labute approximate surface area is 132 Å². The number of nitrogens with one attached hydrogen (secondary N) is 1. The molecule has 0 spiro atoms. The van der Waals surface area contributed by atoms with Crippen molar-refractivity contribution in [3.8, 4) is 11.5 Å². The third-order valence-corrected chi connectivity index (χ3v) is 4.16. The average molecular weight is 306 g/mol. The molecule has 0 radical (unpaired) electrons. The minimum Gasteiger partial charge on any atom is -0.493 e. The molecule has 22 heavy (non-hydrogen) atoms. The molecule has 1 aliphatic rings. The summed E-state index contributed by atoms with van der Waals surface area (Å²) >= 11 is 0. The van der Waals surface area contributed by atoms with Crippen molar-refractivity contribution < 1.29 is 14.3 Å². The van der Waals surface area contributed by atoms with Gasteiger partial charge in [0.2, 0.25) is 5.91 Å². The third kappa shape index (κ3) is 4.37. The van der Waals surface area contributed by atoms with Crippen LogP contribution in [0.2, 0.25) is 0 Å². The molecule has 1 aliphatic carbocycles. The highest BCUT2D eigenvalue weighted by Crippen LogP contribution is 2.31. The van der Waals surface area contributed by atoms with Crippen LogP contribution in [0.3, 0.4) is 0 Å². The molecule has 122 valence electrons. The zero-order valence-corrected chi connectivity index (χ0v) is 13.4. The van der Waals surface area contributed by atoms with E-state index in [9.17, 15) is 4.79 Å². The van der Waals surface area contributed by atoms with Gasteiger partial charge in [0.05, 0.1) is 13.7 Å². The molecule has 3 N–H and O–H groups in total. The van der Waals surface area contributed by atoms with Crippen LogP contribution in [0.15, 0.2) is 18.2 Å². The van der Waals surface area contributed by atoms with Crippen molar-refractivity contribution >= 4 is 11.6 Å². The summed E-state index contributed by atoms with van der Waals surface area (Å²) in [5, 5.41) is 2.93. The van der Waals surface area contributed by atoms with Gasteiger partial charge in [0.1, 0.15) is 0 Å². The number of amides is 1. The van der Waals surface area contributed by atoms with Crippen molar-refractivity contribution in [3.63, 3.8) is 0 Å². The van der Waals surface area contributed by atoms with Crippen molar-refractivity contribution in [1.29, 1.82) is 0 Å². The van der Waals surface area contributed by atoms with Crippen LogP contribution >= 0.6 is 0 Å². The number of rotatable bonds is 6. The van der Waals surface area contributed by atoms with Gasteiger partial charge in [-0.3, -0.25) is 4.79 Å². The number of hydrogen-bond acceptors (Lipinski definition) is 4. The van der Waals surface area contributed by atoms with E-state index >= 15 is 0 Å². The number of benzene rings is 1. The van der Waals surface area contributed by atoms with Gasteiger partial charge in [0.25, 0.3) is 0 Å². The molecular weight excluding hydrogens is 280 g/mol. The SMILES string of the molecule is CCOc1cc(NC(=O)CC2CCCCC2N)ccc1OC. The van der Waals surface area contributed by atoms with Gasteiger partial charge in [0.15, 0.2) is 11.5 Å². The molecule has 0 heterocycles. The summed E-state index contributed by atoms with van der Waals surface area (Å²) in [5.41, 5.74) is 6.83. The third-order valence-electron chi connectivity index (χ3n) is 4.16. The number of methoxy groups -OCH3 is 1. The van der Waals surface area contributed by atoms with Gasteiger partial charge >= 0.3 is 0 Å². The molecule has 5 nitrogen and oxygen atoms in total. The first-order valence-electron chi connectivity index (χ1n) is 8.00. The molecule has 1 aromatic carbocycles. The fourth-order valence-electron chi connectivity index (χ4n) is 2.96. The highest BCUT2D eigenvalue weighted by Gasteiger charge is 2.24. The zero-order valence-electron chi connectivity index (χ0n) is 13.4. The summed E-state index contributed by atoms with van der Waals surface area (Å²) in [6, 6.07) is 5.56. The summed E-state index contributed by atoms with van der Waals surface area (Å²) in [6.07, 6.45) is 4.89. The number of nitrogens with two attached hydrogens (primary N) is 1. The molecule has 1 fully saturated rings. The lowest BCUT2D eigenvalue weighted by atomic mass is 9.83. The second-order valence-electron chi connectivity index (χ2n) is 5.76. The van der Waals surface area contributed by atoms with E-state index in [-0.39, 0.29) is 11.9 Å². The average Bonchev–Trinajstić information content (AvgIpc) is 2.50. The van der Waals surface area contributed by atoms with Crippen LogP contribution in [0, 0.1) is 5.92 Å². The molecular formula is C17H26N2O3. The number of hydrogen-bond donors (Lipinski definition) is 2. The molecule has 1 amide bonds. The Balaban J connectivity index is 1.97. The fraction of sp³-hybridized carbons (Fsp3) is 0.588. The summed E-state index contributed by atoms with van der Waals surface area (Å²) in [6.45, 7) is 2.46. The van der Waals surface area contributed by atoms with Crippen LogP contribution in [0.4, 0.5) is 5.69 Å². The quantitative estimate of drug-likeness (QED) is 0.847. The second-order valence-corrected chi connectivity index (χ2v) is 5.76. The number of anilines is 1. The first-order chi connectivity index (χ1) is 10.6. The van der Waals surface area contributed by atoms with Crippen molar-refractivity contribution in [3.05, 3.63) is 18.2 Å². The van der Waals surface area contributed by atoms with E-state index in [1.54, 1.807) is 19.2 Å². The van der Waals surface area contributed by atoms with Gasteiger partial charge in [-0.15, -0.1) is 0 Å². The minimum atomic E-state index is 0.00923. The normalized spacial score (nSPS) is 21.2. The van der Waals surface area contributed by atoms with Crippen molar-refractivity contribution in [2.45, 2.75) is 45.1 Å². The first kappa shape index (κ1) is 16.6. The van der Waals surface area contributed by atoms with E-state index < -0.39 is 0 Å². The standard InChI is InChI=1S/C17H26N2O3/c1-3-22-16-11-13(8-9-15(16)21-2)19-17(20)10-12-6-4-5-7-14(12)18/h8-9,11-12,14H,3-7,10,18H2,1-2H3,(H,19,20). The lowest BCUT2D eigenvalue weighted by molar-refractivity contribution is -0.117. The van der Waals surface area contributed by atoms with E-state index in [2.05, 4.69) is 5.32 Å². The van der Waals surface area contributed by atoms with Gasteiger partial charge in [-0.05, 0) is 37.8 Å². The molecule has 0 aliphatic heterocycles. The van der Waals surface area contributed by atoms with Gasteiger partial charge < -0.3 is 20.5 Å². The summed E-state index contributed by atoms with van der Waals surface area (Å²) in [7, 11) is 1.60. The highest BCUT2D eigenvalue weighted by molar-refractivity contribution is 5.91. The van der Waals surface area contributed by atoms with E-state index in [1.807, 2.05) is 13.0 Å². The van der Waals surface area contributed by atoms with Gasteiger partial charge in [-0.1, -0.05) is 12.8 Å². The molecule has 1 aromatic rings. The maximum atomic E-state index is 12.2. The molecule has 2 atom stereocenters. The smallest absolute Gasteiger partial charge is 0.224 e. The number of ether oxygens (including phenoxy) is 2. The van der Waals surface area contributed by atoms with Crippen molar-refractivity contribution in [2.75, 3.05) is 19.0 Å². The molecule has 0 bridgehead atoms. The Morgan fingerprint density at radius 3 is 2.77 bits per heavy atom. The summed E-state index contributed by atoms with van der Waals surface area (Å²) in [5.74, 6) is 1.60. The number of carbonyl (C=O) groups is 1. The predicted molar refractivity (Wildman–Crippen MR) is 87.3 cm³/mol. The topological polar surface area (TPSA) is 73.6 Å². The Hall–Kier alpha value is -1.75. The monoisotopic (exact) mass is 306 g/mol. The Morgan fingerprint density at radius 2 is 2.09 bits per heavy atom.